The summed E-state index contributed by atoms with van der Waals surface area (Å²) in [5, 5.41) is 4.16. The van der Waals surface area contributed by atoms with Crippen LogP contribution in [0.15, 0.2) is 41.8 Å². The first kappa shape index (κ1) is 48.5. The van der Waals surface area contributed by atoms with Crippen LogP contribution in [0.25, 0.3) is 0 Å². The van der Waals surface area contributed by atoms with Crippen molar-refractivity contribution in [2.24, 2.45) is 15.7 Å². The number of nitrogens with two attached hydrogens (primary N) is 1. The van der Waals surface area contributed by atoms with E-state index in [2.05, 4.69) is 158 Å². The van der Waals surface area contributed by atoms with Crippen molar-refractivity contribution < 1.29 is 17.5 Å². The van der Waals surface area contributed by atoms with Crippen LogP contribution >= 0.6 is 129 Å². The molecule has 3 atom stereocenters. The molecule has 43 heavy (non-hydrogen) atoms. The van der Waals surface area contributed by atoms with Crippen LogP contribution in [0.1, 0.15) is 97.8 Å². The molecule has 2 aromatic heterocycles. The molecule has 4 rings (SSSR count). The molecule has 2 aromatic rings. The Morgan fingerprint density at radius 1 is 0.907 bits per heavy atom. The molecule has 252 valence electrons. The summed E-state index contributed by atoms with van der Waals surface area (Å²) in [5.74, 6) is 0. The first-order valence-electron chi connectivity index (χ1n) is 12.7. The Labute approximate surface area is 342 Å². The Hall–Kier alpha value is 3.42. The second-order valence-electron chi connectivity index (χ2n) is 11.0. The summed E-state index contributed by atoms with van der Waals surface area (Å²) in [7, 11) is -1.11. The van der Waals surface area contributed by atoms with E-state index in [9.17, 15) is 4.21 Å². The Bertz CT molecular complexity index is 1160. The van der Waals surface area contributed by atoms with Gasteiger partial charge in [-0.2, -0.15) is 0 Å². The van der Waals surface area contributed by atoms with Gasteiger partial charge < -0.3 is 5.73 Å². The van der Waals surface area contributed by atoms with Crippen LogP contribution in [0, 0.1) is 0 Å². The number of halogens is 7. The van der Waals surface area contributed by atoms with Gasteiger partial charge in [0, 0.05) is 104 Å². The molecular weight excluding hydrogens is 1300 g/mol. The van der Waals surface area contributed by atoms with Gasteiger partial charge in [0.1, 0.15) is 0 Å². The number of nitrogens with zero attached hydrogens (tertiary/aromatic N) is 2. The molecule has 2 aliphatic rings. The Balaban J connectivity index is 0. The monoisotopic (exact) mass is 1340 g/mol. The summed E-state index contributed by atoms with van der Waals surface area (Å²) >= 11 is 19.9. The van der Waals surface area contributed by atoms with E-state index in [1.54, 1.807) is 22.7 Å². The van der Waals surface area contributed by atoms with Crippen molar-refractivity contribution in [3.63, 3.8) is 0 Å². The van der Waals surface area contributed by atoms with Crippen LogP contribution in [0.4, 0.5) is 0 Å². The third-order valence-corrected chi connectivity index (χ3v) is 11.8. The fraction of sp³-hybridized carbons (Fsp3) is 0.643. The first-order valence-corrected chi connectivity index (χ1v) is 36.1. The SMILES string of the molecule is C.C.CC(C)(C)[S@@](=O)N[C@@](C)(CC1=NCCC1)c1cc(Br)cs1.C[C@](N)(CC1=NCCC1)c1cc(Br)cs1.II.I[I-]I. The summed E-state index contributed by atoms with van der Waals surface area (Å²) in [6.07, 6.45) is 6.23. The molecule has 0 unspecified atom stereocenters. The number of nitrogens with one attached hydrogen (secondary N) is 1. The van der Waals surface area contributed by atoms with Gasteiger partial charge in [-0.3, -0.25) is 9.98 Å². The third kappa shape index (κ3) is 18.3. The number of thiophene rings is 2. The molecule has 3 N–H and O–H groups in total. The molecule has 0 saturated heterocycles. The summed E-state index contributed by atoms with van der Waals surface area (Å²) in [4.78, 5) is 11.5. The third-order valence-electron chi connectivity index (χ3n) is 6.16. The summed E-state index contributed by atoms with van der Waals surface area (Å²) < 4.78 is 17.9. The van der Waals surface area contributed by atoms with Gasteiger partial charge in [-0.1, -0.05) is 14.9 Å². The second-order valence-corrected chi connectivity index (χ2v) is 32.9. The maximum absolute atomic E-state index is 12.6. The van der Waals surface area contributed by atoms with Gasteiger partial charge in [0.25, 0.3) is 0 Å². The van der Waals surface area contributed by atoms with Crippen LogP contribution in [-0.4, -0.2) is 33.5 Å². The number of aliphatic imine (C=N–C) groups is 2. The van der Waals surface area contributed by atoms with Gasteiger partial charge in [-0.05, 0) is 104 Å². The van der Waals surface area contributed by atoms with Gasteiger partial charge in [-0.25, -0.2) is 8.93 Å². The summed E-state index contributed by atoms with van der Waals surface area (Å²) in [6, 6.07) is 4.23. The standard InChI is InChI=1S/C15H23BrN2OS2.C11H15BrN2S.2CH4.I3.I2/c1-14(2,3)21(19)18-15(4,9-12-6-5-7-17-12)13-8-11(16)10-20-13;1-11(13,6-9-3-2-4-14-9)10-5-8(12)7-15-10;;;1-3-2;1-2/h8,10,18H,5-7,9H2,1-4H3;5,7H,2-4,6,13H2,1H3;2*1H4;;/q;;;;-1;/t15-,21+;11-;;;;/m00..../s1. The van der Waals surface area contributed by atoms with Gasteiger partial charge in [0.05, 0.1) is 26.8 Å². The van der Waals surface area contributed by atoms with E-state index >= 15 is 0 Å². The van der Waals surface area contributed by atoms with E-state index in [-0.39, 0.29) is 30.7 Å². The average Bonchev–Trinajstić information content (AvgIpc) is 3.70. The molecule has 0 fully saturated rings. The molecule has 0 spiro atoms. The minimum absolute atomic E-state index is 0. The van der Waals surface area contributed by atoms with Crippen LogP contribution in [0.5, 0.6) is 0 Å². The Kier molecular flexibility index (Phi) is 27.7. The number of hydrogen-bond donors (Lipinski definition) is 2. The molecule has 0 amide bonds. The van der Waals surface area contributed by atoms with Crippen LogP contribution < -0.4 is 23.7 Å². The predicted molar refractivity (Wildman–Crippen MR) is 236 cm³/mol. The molecule has 0 saturated carbocycles. The Morgan fingerprint density at radius 3 is 1.67 bits per heavy atom. The molecule has 5 nitrogen and oxygen atoms in total. The topological polar surface area (TPSA) is 79.8 Å². The predicted octanol–water partition coefficient (Wildman–Crippen LogP) is 9.53. The van der Waals surface area contributed by atoms with E-state index < -0.39 is 11.0 Å². The molecular formula is C28H46Br2I5N4OS3-. The van der Waals surface area contributed by atoms with E-state index in [4.69, 9.17) is 5.73 Å². The van der Waals surface area contributed by atoms with Crippen molar-refractivity contribution in [1.29, 1.82) is 0 Å². The number of hydrogen-bond acceptors (Lipinski definition) is 6. The van der Waals surface area contributed by atoms with Gasteiger partial charge in [-0.15, -0.1) is 22.7 Å². The van der Waals surface area contributed by atoms with Crippen molar-refractivity contribution in [2.45, 2.75) is 104 Å². The van der Waals surface area contributed by atoms with Crippen molar-refractivity contribution in [3.05, 3.63) is 41.6 Å². The molecule has 0 bridgehead atoms. The zero-order chi connectivity index (χ0) is 31.3. The maximum atomic E-state index is 12.6. The van der Waals surface area contributed by atoms with Crippen LogP contribution in [-0.2, 0) is 22.1 Å². The Morgan fingerprint density at radius 2 is 1.33 bits per heavy atom. The van der Waals surface area contributed by atoms with Crippen molar-refractivity contribution >= 4 is 151 Å². The zero-order valence-corrected chi connectivity index (χ0v) is 40.1. The van der Waals surface area contributed by atoms with Crippen molar-refractivity contribution in [3.8, 4) is 0 Å². The molecule has 2 aliphatic heterocycles. The van der Waals surface area contributed by atoms with Gasteiger partial charge in [0.15, 0.2) is 0 Å². The fourth-order valence-corrected chi connectivity index (χ4v) is 8.17. The van der Waals surface area contributed by atoms with Crippen LogP contribution in [0.2, 0.25) is 0 Å². The normalized spacial score (nSPS) is 17.5. The number of rotatable bonds is 8. The quantitative estimate of drug-likeness (QED) is 0.259. The summed E-state index contributed by atoms with van der Waals surface area (Å²) in [6.45, 7) is 12.1. The second kappa shape index (κ2) is 24.5. The van der Waals surface area contributed by atoms with E-state index in [0.29, 0.717) is 13.3 Å². The average molecular weight is 1350 g/mol. The van der Waals surface area contributed by atoms with Gasteiger partial charge >= 0.3 is 50.5 Å². The van der Waals surface area contributed by atoms with Gasteiger partial charge in [0.2, 0.25) is 0 Å². The molecule has 0 aliphatic carbocycles. The van der Waals surface area contributed by atoms with E-state index in [1.165, 1.54) is 27.6 Å². The molecule has 0 aromatic carbocycles. The molecule has 0 radical (unpaired) electrons. The van der Waals surface area contributed by atoms with E-state index in [1.807, 2.05) is 20.8 Å². The minimum atomic E-state index is -1.11. The summed E-state index contributed by atoms with van der Waals surface area (Å²) in [5.41, 5.74) is 8.26. The molecule has 15 heteroatoms. The van der Waals surface area contributed by atoms with Crippen molar-refractivity contribution in [1.82, 2.24) is 4.72 Å². The van der Waals surface area contributed by atoms with Crippen molar-refractivity contribution in [2.75, 3.05) is 13.1 Å². The first-order chi connectivity index (χ1) is 19.2. The fourth-order valence-electron chi connectivity index (χ4n) is 4.15. The van der Waals surface area contributed by atoms with E-state index in [0.717, 1.165) is 54.1 Å². The molecule has 4 heterocycles. The van der Waals surface area contributed by atoms with Crippen LogP contribution in [0.3, 0.4) is 0 Å². The zero-order valence-electron chi connectivity index (χ0n) is 23.7.